The largest absolute Gasteiger partial charge is 0.494 e. The number of fused-ring (bicyclic) bond motifs is 3. The highest BCUT2D eigenvalue weighted by molar-refractivity contribution is 6.02. The standard InChI is InChI=1S/C25H22F2N2O3/c1-3-31-17-10-7-15(8-11-17)21-14-22-18-5-4-6-23(30-2)24(18)32-25(29(22)28-21)16-9-12-19(26)20(27)13-16/h4-13,22,25H,3,14H2,1-2H3/t22-,25+/m0/s1. The van der Waals surface area contributed by atoms with Crippen molar-refractivity contribution < 1.29 is 23.0 Å². The maximum absolute atomic E-state index is 14.0. The summed E-state index contributed by atoms with van der Waals surface area (Å²) < 4.78 is 44.9. The lowest BCUT2D eigenvalue weighted by Crippen LogP contribution is -2.34. The van der Waals surface area contributed by atoms with E-state index in [1.54, 1.807) is 7.11 Å². The Morgan fingerprint density at radius 3 is 2.59 bits per heavy atom. The van der Waals surface area contributed by atoms with Crippen LogP contribution < -0.4 is 14.2 Å². The number of nitrogens with zero attached hydrogens (tertiary/aromatic N) is 2. The maximum atomic E-state index is 14.0. The molecule has 2 heterocycles. The molecule has 3 aromatic carbocycles. The van der Waals surface area contributed by atoms with Crippen molar-refractivity contribution in [2.75, 3.05) is 13.7 Å². The second-order valence-corrected chi connectivity index (χ2v) is 7.63. The predicted molar refractivity (Wildman–Crippen MR) is 116 cm³/mol. The van der Waals surface area contributed by atoms with Crippen molar-refractivity contribution in [1.82, 2.24) is 5.01 Å². The van der Waals surface area contributed by atoms with Gasteiger partial charge < -0.3 is 14.2 Å². The fourth-order valence-electron chi connectivity index (χ4n) is 4.22. The molecule has 0 aliphatic carbocycles. The summed E-state index contributed by atoms with van der Waals surface area (Å²) in [6.07, 6.45) is -0.0865. The zero-order chi connectivity index (χ0) is 22.2. The minimum Gasteiger partial charge on any atom is -0.494 e. The molecule has 5 rings (SSSR count). The van der Waals surface area contributed by atoms with E-state index >= 15 is 0 Å². The molecule has 164 valence electrons. The van der Waals surface area contributed by atoms with Crippen LogP contribution in [-0.2, 0) is 0 Å². The molecule has 0 saturated heterocycles. The molecular weight excluding hydrogens is 414 g/mol. The van der Waals surface area contributed by atoms with E-state index in [1.807, 2.05) is 54.4 Å². The number of hydrogen-bond acceptors (Lipinski definition) is 5. The van der Waals surface area contributed by atoms with Gasteiger partial charge >= 0.3 is 0 Å². The Labute approximate surface area is 184 Å². The average molecular weight is 436 g/mol. The molecule has 0 unspecified atom stereocenters. The molecule has 2 atom stereocenters. The quantitative estimate of drug-likeness (QED) is 0.521. The van der Waals surface area contributed by atoms with Crippen LogP contribution in [0.2, 0.25) is 0 Å². The summed E-state index contributed by atoms with van der Waals surface area (Å²) >= 11 is 0. The molecule has 7 heteroatoms. The Morgan fingerprint density at radius 2 is 1.88 bits per heavy atom. The molecule has 0 fully saturated rings. The van der Waals surface area contributed by atoms with Gasteiger partial charge in [-0.2, -0.15) is 5.10 Å². The highest BCUT2D eigenvalue weighted by atomic mass is 19.2. The molecule has 0 amide bonds. The van der Waals surface area contributed by atoms with Crippen LogP contribution in [0.15, 0.2) is 65.8 Å². The van der Waals surface area contributed by atoms with Crippen LogP contribution in [0, 0.1) is 11.6 Å². The minimum absolute atomic E-state index is 0.131. The second-order valence-electron chi connectivity index (χ2n) is 7.63. The van der Waals surface area contributed by atoms with Gasteiger partial charge in [-0.05, 0) is 55.0 Å². The first-order valence-electron chi connectivity index (χ1n) is 10.5. The minimum atomic E-state index is -0.927. The lowest BCUT2D eigenvalue weighted by atomic mass is 9.95. The molecule has 3 aromatic rings. The summed E-state index contributed by atoms with van der Waals surface area (Å²) in [5, 5.41) is 6.67. The topological polar surface area (TPSA) is 43.3 Å². The Hall–Kier alpha value is -3.61. The molecular formula is C25H22F2N2O3. The van der Waals surface area contributed by atoms with Gasteiger partial charge in [0.25, 0.3) is 0 Å². The van der Waals surface area contributed by atoms with Gasteiger partial charge in [0.15, 0.2) is 23.1 Å². The third-order valence-electron chi connectivity index (χ3n) is 5.73. The Bertz CT molecular complexity index is 1180. The third-order valence-corrected chi connectivity index (χ3v) is 5.73. The maximum Gasteiger partial charge on any atom is 0.214 e. The monoisotopic (exact) mass is 436 g/mol. The zero-order valence-corrected chi connectivity index (χ0v) is 17.7. The molecule has 0 radical (unpaired) electrons. The first-order chi connectivity index (χ1) is 15.6. The normalized spacial score (nSPS) is 19.0. The lowest BCUT2D eigenvalue weighted by Gasteiger charge is -2.38. The SMILES string of the molecule is CCOc1ccc(C2=NN3[C@@H](c4ccc(F)c(F)c4)Oc4c(OC)cccc4[C@@H]3C2)cc1. The highest BCUT2D eigenvalue weighted by Crippen LogP contribution is 2.50. The van der Waals surface area contributed by atoms with Crippen LogP contribution in [0.3, 0.4) is 0 Å². The van der Waals surface area contributed by atoms with Gasteiger partial charge in [-0.15, -0.1) is 0 Å². The number of hydrazone groups is 1. The Kier molecular flexibility index (Phi) is 5.17. The first kappa shape index (κ1) is 20.3. The van der Waals surface area contributed by atoms with E-state index in [4.69, 9.17) is 19.3 Å². The van der Waals surface area contributed by atoms with Crippen LogP contribution in [0.5, 0.6) is 17.2 Å². The third kappa shape index (κ3) is 3.43. The van der Waals surface area contributed by atoms with Crippen LogP contribution in [-0.4, -0.2) is 24.4 Å². The molecule has 0 bridgehead atoms. The molecule has 0 saturated carbocycles. The Balaban J connectivity index is 1.57. The molecule has 0 aromatic heterocycles. The van der Waals surface area contributed by atoms with E-state index in [9.17, 15) is 8.78 Å². The fourth-order valence-corrected chi connectivity index (χ4v) is 4.22. The van der Waals surface area contributed by atoms with Gasteiger partial charge in [0.1, 0.15) is 5.75 Å². The molecule has 2 aliphatic heterocycles. The van der Waals surface area contributed by atoms with Gasteiger partial charge in [0.05, 0.1) is 25.5 Å². The summed E-state index contributed by atoms with van der Waals surface area (Å²) in [6.45, 7) is 2.54. The average Bonchev–Trinajstić information content (AvgIpc) is 3.26. The molecule has 32 heavy (non-hydrogen) atoms. The van der Waals surface area contributed by atoms with Crippen molar-refractivity contribution in [3.8, 4) is 17.2 Å². The van der Waals surface area contributed by atoms with Crippen molar-refractivity contribution in [2.24, 2.45) is 5.10 Å². The van der Waals surface area contributed by atoms with Crippen molar-refractivity contribution in [3.05, 3.63) is 89.0 Å². The van der Waals surface area contributed by atoms with E-state index < -0.39 is 17.9 Å². The van der Waals surface area contributed by atoms with E-state index in [-0.39, 0.29) is 6.04 Å². The molecule has 2 aliphatic rings. The van der Waals surface area contributed by atoms with E-state index in [0.717, 1.165) is 34.7 Å². The zero-order valence-electron chi connectivity index (χ0n) is 17.7. The number of halogens is 2. The van der Waals surface area contributed by atoms with Crippen molar-refractivity contribution >= 4 is 5.71 Å². The van der Waals surface area contributed by atoms with Crippen molar-refractivity contribution in [2.45, 2.75) is 25.6 Å². The highest BCUT2D eigenvalue weighted by Gasteiger charge is 2.42. The second kappa shape index (κ2) is 8.15. The van der Waals surface area contributed by atoms with E-state index in [0.29, 0.717) is 30.1 Å². The lowest BCUT2D eigenvalue weighted by molar-refractivity contribution is -0.0211. The van der Waals surface area contributed by atoms with Gasteiger partial charge in [0, 0.05) is 17.5 Å². The summed E-state index contributed by atoms with van der Waals surface area (Å²) in [6, 6.07) is 17.1. The predicted octanol–water partition coefficient (Wildman–Crippen LogP) is 5.61. The number of rotatable bonds is 5. The van der Waals surface area contributed by atoms with Crippen LogP contribution >= 0.6 is 0 Å². The first-order valence-corrected chi connectivity index (χ1v) is 10.5. The van der Waals surface area contributed by atoms with Crippen molar-refractivity contribution in [1.29, 1.82) is 0 Å². The summed E-state index contributed by atoms with van der Waals surface area (Å²) in [7, 11) is 1.58. The number of benzene rings is 3. The van der Waals surface area contributed by atoms with Crippen LogP contribution in [0.4, 0.5) is 8.78 Å². The van der Waals surface area contributed by atoms with Crippen LogP contribution in [0.1, 0.15) is 42.3 Å². The number of hydrogen-bond donors (Lipinski definition) is 0. The fraction of sp³-hybridized carbons (Fsp3) is 0.240. The summed E-state index contributed by atoms with van der Waals surface area (Å²) in [4.78, 5) is 0. The van der Waals surface area contributed by atoms with Crippen LogP contribution in [0.25, 0.3) is 0 Å². The molecule has 5 nitrogen and oxygen atoms in total. The smallest absolute Gasteiger partial charge is 0.214 e. The van der Waals surface area contributed by atoms with Gasteiger partial charge in [-0.1, -0.05) is 18.2 Å². The van der Waals surface area contributed by atoms with Crippen molar-refractivity contribution in [3.63, 3.8) is 0 Å². The Morgan fingerprint density at radius 1 is 1.06 bits per heavy atom. The summed E-state index contributed by atoms with van der Waals surface area (Å²) in [5.41, 5.74) is 3.26. The van der Waals surface area contributed by atoms with E-state index in [2.05, 4.69) is 0 Å². The van der Waals surface area contributed by atoms with Gasteiger partial charge in [-0.3, -0.25) is 0 Å². The van der Waals surface area contributed by atoms with E-state index in [1.165, 1.54) is 6.07 Å². The summed E-state index contributed by atoms with van der Waals surface area (Å²) in [5.74, 6) is 0.145. The number of ether oxygens (including phenoxy) is 3. The molecule has 0 N–H and O–H groups in total. The molecule has 0 spiro atoms. The van der Waals surface area contributed by atoms with Gasteiger partial charge in [0.2, 0.25) is 6.23 Å². The number of methoxy groups -OCH3 is 1. The number of para-hydroxylation sites is 1. The van der Waals surface area contributed by atoms with Gasteiger partial charge in [-0.25, -0.2) is 13.8 Å².